The third kappa shape index (κ3) is 4.00. The predicted octanol–water partition coefficient (Wildman–Crippen LogP) is 3.91. The maximum absolute atomic E-state index is 14.4. The summed E-state index contributed by atoms with van der Waals surface area (Å²) >= 11 is 6.06. The number of aliphatic hydroxyl groups excluding tert-OH is 1. The Kier molecular flexibility index (Phi) is 5.51. The minimum Gasteiger partial charge on any atom is -0.390 e. The molecule has 1 aliphatic carbocycles. The molecular formula is C24H17ClF2N4O3. The average molecular weight is 483 g/mol. The maximum Gasteiger partial charge on any atom is 0.274 e. The first-order valence-corrected chi connectivity index (χ1v) is 10.7. The van der Waals surface area contributed by atoms with Crippen LogP contribution < -0.4 is 10.6 Å². The summed E-state index contributed by atoms with van der Waals surface area (Å²) < 4.78 is 29.3. The van der Waals surface area contributed by atoms with Crippen LogP contribution in [0.15, 0.2) is 60.9 Å². The zero-order valence-corrected chi connectivity index (χ0v) is 18.2. The van der Waals surface area contributed by atoms with Crippen LogP contribution in [0.4, 0.5) is 14.5 Å². The molecule has 5 rings (SSSR count). The van der Waals surface area contributed by atoms with Gasteiger partial charge in [-0.25, -0.2) is 13.8 Å². The van der Waals surface area contributed by atoms with Gasteiger partial charge < -0.3 is 15.7 Å². The minimum absolute atomic E-state index is 0.00804. The second-order valence-electron chi connectivity index (χ2n) is 7.93. The summed E-state index contributed by atoms with van der Waals surface area (Å²) in [5.74, 6) is -2.63. The van der Waals surface area contributed by atoms with Crippen LogP contribution in [-0.2, 0) is 6.42 Å². The molecule has 0 radical (unpaired) electrons. The van der Waals surface area contributed by atoms with E-state index in [0.717, 1.165) is 17.8 Å². The molecule has 0 bridgehead atoms. The Hall–Kier alpha value is -3.82. The summed E-state index contributed by atoms with van der Waals surface area (Å²) in [6, 6.07) is 10.6. The van der Waals surface area contributed by atoms with Crippen LogP contribution in [0.1, 0.15) is 38.0 Å². The van der Waals surface area contributed by atoms with E-state index in [1.165, 1.54) is 34.9 Å². The van der Waals surface area contributed by atoms with Crippen LogP contribution in [-0.4, -0.2) is 32.4 Å². The number of hydrogen-bond acceptors (Lipinski definition) is 4. The number of aliphatic hydroxyl groups is 1. The standard InChI is InChI=1S/C24H17ClF2N4O3/c25-14-3-1-12-8-20(32)22(16(12)9-14)30-23(33)13-2-5-17(27)18(7-13)29-24(34)19-10-28-21-6-4-15(26)11-31(19)21/h1-7,9-11,20,22,32H,8H2,(H,29,34)(H,30,33)/t20-,22+/m0/s1. The molecule has 10 heteroatoms. The van der Waals surface area contributed by atoms with E-state index in [9.17, 15) is 23.5 Å². The van der Waals surface area contributed by atoms with Gasteiger partial charge in [-0.2, -0.15) is 0 Å². The summed E-state index contributed by atoms with van der Waals surface area (Å²) in [7, 11) is 0. The number of amides is 2. The van der Waals surface area contributed by atoms with Gasteiger partial charge in [0.25, 0.3) is 11.8 Å². The highest BCUT2D eigenvalue weighted by atomic mass is 35.5. The number of imidazole rings is 1. The van der Waals surface area contributed by atoms with Crippen molar-refractivity contribution in [3.05, 3.63) is 100.0 Å². The number of anilines is 1. The molecule has 4 aromatic rings. The highest BCUT2D eigenvalue weighted by Crippen LogP contribution is 2.33. The van der Waals surface area contributed by atoms with Crippen molar-refractivity contribution in [1.82, 2.24) is 14.7 Å². The monoisotopic (exact) mass is 482 g/mol. The van der Waals surface area contributed by atoms with Crippen molar-refractivity contribution < 1.29 is 23.5 Å². The van der Waals surface area contributed by atoms with Crippen molar-refractivity contribution in [2.45, 2.75) is 18.6 Å². The largest absolute Gasteiger partial charge is 0.390 e. The first-order valence-electron chi connectivity index (χ1n) is 10.3. The van der Waals surface area contributed by atoms with Crippen molar-refractivity contribution in [3.8, 4) is 0 Å². The maximum atomic E-state index is 14.4. The summed E-state index contributed by atoms with van der Waals surface area (Å²) in [6.45, 7) is 0. The average Bonchev–Trinajstić information content (AvgIpc) is 3.35. The Balaban J connectivity index is 1.38. The molecule has 2 aromatic carbocycles. The molecular weight excluding hydrogens is 466 g/mol. The Morgan fingerprint density at radius 1 is 1.09 bits per heavy atom. The number of nitrogens with zero attached hydrogens (tertiary/aromatic N) is 2. The first kappa shape index (κ1) is 22.0. The van der Waals surface area contributed by atoms with Crippen LogP contribution in [0.2, 0.25) is 5.02 Å². The van der Waals surface area contributed by atoms with Crippen molar-refractivity contribution in [2.75, 3.05) is 5.32 Å². The Morgan fingerprint density at radius 2 is 1.91 bits per heavy atom. The molecule has 0 fully saturated rings. The summed E-state index contributed by atoms with van der Waals surface area (Å²) in [5.41, 5.74) is 1.76. The van der Waals surface area contributed by atoms with Crippen molar-refractivity contribution in [1.29, 1.82) is 0 Å². The van der Waals surface area contributed by atoms with Crippen molar-refractivity contribution in [3.63, 3.8) is 0 Å². The summed E-state index contributed by atoms with van der Waals surface area (Å²) in [6.07, 6.45) is 1.85. The Morgan fingerprint density at radius 3 is 2.74 bits per heavy atom. The molecule has 34 heavy (non-hydrogen) atoms. The number of halogens is 3. The van der Waals surface area contributed by atoms with E-state index in [4.69, 9.17) is 11.6 Å². The van der Waals surface area contributed by atoms with Crippen molar-refractivity contribution >= 4 is 34.7 Å². The lowest BCUT2D eigenvalue weighted by Gasteiger charge is -2.18. The van der Waals surface area contributed by atoms with E-state index in [0.29, 0.717) is 22.7 Å². The zero-order valence-electron chi connectivity index (χ0n) is 17.4. The van der Waals surface area contributed by atoms with E-state index in [-0.39, 0.29) is 16.9 Å². The fraction of sp³-hybridized carbons (Fsp3) is 0.125. The molecule has 0 unspecified atom stereocenters. The van der Waals surface area contributed by atoms with Gasteiger partial charge in [-0.05, 0) is 53.6 Å². The molecule has 0 saturated heterocycles. The van der Waals surface area contributed by atoms with Gasteiger partial charge >= 0.3 is 0 Å². The van der Waals surface area contributed by atoms with Gasteiger partial charge in [-0.3, -0.25) is 14.0 Å². The van der Waals surface area contributed by atoms with E-state index < -0.39 is 35.6 Å². The molecule has 2 atom stereocenters. The summed E-state index contributed by atoms with van der Waals surface area (Å²) in [5, 5.41) is 16.0. The van der Waals surface area contributed by atoms with Crippen LogP contribution in [0.3, 0.4) is 0 Å². The number of aromatic nitrogens is 2. The predicted molar refractivity (Wildman–Crippen MR) is 121 cm³/mol. The van der Waals surface area contributed by atoms with E-state index in [1.807, 2.05) is 0 Å². The normalized spacial score (nSPS) is 16.9. The number of fused-ring (bicyclic) bond motifs is 2. The quantitative estimate of drug-likeness (QED) is 0.411. The number of benzene rings is 2. The number of hydrogen-bond donors (Lipinski definition) is 3. The molecule has 2 aromatic heterocycles. The molecule has 2 amide bonds. The Labute approximate surface area is 197 Å². The Bertz CT molecular complexity index is 1460. The number of pyridine rings is 1. The van der Waals surface area contributed by atoms with E-state index in [1.54, 1.807) is 18.2 Å². The lowest BCUT2D eigenvalue weighted by atomic mass is 10.1. The smallest absolute Gasteiger partial charge is 0.274 e. The van der Waals surface area contributed by atoms with Gasteiger partial charge in [0, 0.05) is 23.2 Å². The second-order valence-corrected chi connectivity index (χ2v) is 8.37. The molecule has 3 N–H and O–H groups in total. The third-order valence-electron chi connectivity index (χ3n) is 5.72. The molecule has 172 valence electrons. The van der Waals surface area contributed by atoms with Crippen molar-refractivity contribution in [2.24, 2.45) is 0 Å². The molecule has 0 aliphatic heterocycles. The van der Waals surface area contributed by atoms with Gasteiger partial charge in [-0.1, -0.05) is 17.7 Å². The summed E-state index contributed by atoms with van der Waals surface area (Å²) in [4.78, 5) is 29.6. The molecule has 7 nitrogen and oxygen atoms in total. The first-order chi connectivity index (χ1) is 16.3. The lowest BCUT2D eigenvalue weighted by molar-refractivity contribution is 0.0857. The van der Waals surface area contributed by atoms with Crippen LogP contribution in [0, 0.1) is 11.6 Å². The minimum atomic E-state index is -0.840. The fourth-order valence-corrected chi connectivity index (χ4v) is 4.24. The highest BCUT2D eigenvalue weighted by molar-refractivity contribution is 6.30. The number of carbonyl (C=O) groups excluding carboxylic acids is 2. The molecule has 0 saturated carbocycles. The molecule has 1 aliphatic rings. The topological polar surface area (TPSA) is 95.7 Å². The number of carbonyl (C=O) groups is 2. The van der Waals surface area contributed by atoms with Crippen LogP contribution in [0.25, 0.3) is 5.65 Å². The SMILES string of the molecule is O=C(N[C@@H]1c2cc(Cl)ccc2C[C@@H]1O)c1ccc(F)c(NC(=O)c2cnc3ccc(F)cn23)c1. The van der Waals surface area contributed by atoms with Crippen LogP contribution >= 0.6 is 11.6 Å². The van der Waals surface area contributed by atoms with Gasteiger partial charge in [0.1, 0.15) is 23.0 Å². The van der Waals surface area contributed by atoms with Gasteiger partial charge in [-0.15, -0.1) is 0 Å². The second kappa shape index (κ2) is 8.51. The third-order valence-corrected chi connectivity index (χ3v) is 5.96. The van der Waals surface area contributed by atoms with E-state index >= 15 is 0 Å². The lowest BCUT2D eigenvalue weighted by Crippen LogP contribution is -2.34. The fourth-order valence-electron chi connectivity index (χ4n) is 4.06. The highest BCUT2D eigenvalue weighted by Gasteiger charge is 2.32. The molecule has 2 heterocycles. The van der Waals surface area contributed by atoms with Crippen LogP contribution in [0.5, 0.6) is 0 Å². The zero-order chi connectivity index (χ0) is 24.0. The number of rotatable bonds is 4. The van der Waals surface area contributed by atoms with E-state index in [2.05, 4.69) is 15.6 Å². The van der Waals surface area contributed by atoms with Gasteiger partial charge in [0.05, 0.1) is 24.0 Å². The van der Waals surface area contributed by atoms with Gasteiger partial charge in [0.2, 0.25) is 0 Å². The van der Waals surface area contributed by atoms with Gasteiger partial charge in [0.15, 0.2) is 0 Å². The molecule has 0 spiro atoms. The number of nitrogens with one attached hydrogen (secondary N) is 2.